The van der Waals surface area contributed by atoms with E-state index in [2.05, 4.69) is 39.2 Å². The standard InChI is InChI=1S/C13H23N5/c1-17(2)11-8-14-12-6-7-15-13(16-12)18-9-4-3-5-10-18/h6-7H,3-5,8-11H2,1-2H3,(H,14,15,16). The molecular weight excluding hydrogens is 226 g/mol. The van der Waals surface area contributed by atoms with Gasteiger partial charge in [-0.2, -0.15) is 4.98 Å². The van der Waals surface area contributed by atoms with Gasteiger partial charge < -0.3 is 15.1 Å². The van der Waals surface area contributed by atoms with Gasteiger partial charge in [0.15, 0.2) is 0 Å². The zero-order valence-electron chi connectivity index (χ0n) is 11.4. The Balaban J connectivity index is 1.91. The van der Waals surface area contributed by atoms with Gasteiger partial charge in [0.25, 0.3) is 0 Å². The van der Waals surface area contributed by atoms with E-state index in [1.807, 2.05) is 12.3 Å². The minimum absolute atomic E-state index is 0.865. The van der Waals surface area contributed by atoms with Crippen LogP contribution in [0.3, 0.4) is 0 Å². The number of nitrogens with zero attached hydrogens (tertiary/aromatic N) is 4. The highest BCUT2D eigenvalue weighted by atomic mass is 15.3. The maximum Gasteiger partial charge on any atom is 0.227 e. The number of nitrogens with one attached hydrogen (secondary N) is 1. The van der Waals surface area contributed by atoms with Crippen molar-refractivity contribution in [3.05, 3.63) is 12.3 Å². The quantitative estimate of drug-likeness (QED) is 0.855. The molecule has 2 heterocycles. The van der Waals surface area contributed by atoms with Crippen LogP contribution in [0.15, 0.2) is 12.3 Å². The SMILES string of the molecule is CN(C)CCNc1ccnc(N2CCCCC2)n1. The molecule has 1 aliphatic heterocycles. The monoisotopic (exact) mass is 249 g/mol. The maximum atomic E-state index is 4.58. The predicted octanol–water partition coefficient (Wildman–Crippen LogP) is 1.44. The highest BCUT2D eigenvalue weighted by Crippen LogP contribution is 2.16. The number of anilines is 2. The Kier molecular flexibility index (Phi) is 4.75. The molecule has 2 rings (SSSR count). The van der Waals surface area contributed by atoms with Crippen LogP contribution < -0.4 is 10.2 Å². The summed E-state index contributed by atoms with van der Waals surface area (Å²) in [7, 11) is 4.14. The number of hydrogen-bond acceptors (Lipinski definition) is 5. The van der Waals surface area contributed by atoms with E-state index < -0.39 is 0 Å². The first-order valence-corrected chi connectivity index (χ1v) is 6.72. The van der Waals surface area contributed by atoms with Gasteiger partial charge in [-0.1, -0.05) is 0 Å². The van der Waals surface area contributed by atoms with E-state index in [0.29, 0.717) is 0 Å². The second kappa shape index (κ2) is 6.54. The van der Waals surface area contributed by atoms with Crippen molar-refractivity contribution in [1.82, 2.24) is 14.9 Å². The summed E-state index contributed by atoms with van der Waals surface area (Å²) >= 11 is 0. The van der Waals surface area contributed by atoms with Crippen molar-refractivity contribution in [1.29, 1.82) is 0 Å². The molecule has 5 nitrogen and oxygen atoms in total. The summed E-state index contributed by atoms with van der Waals surface area (Å²) in [5.41, 5.74) is 0. The molecule has 1 saturated heterocycles. The molecule has 0 amide bonds. The number of hydrogen-bond donors (Lipinski definition) is 1. The van der Waals surface area contributed by atoms with Gasteiger partial charge in [-0.15, -0.1) is 0 Å². The zero-order chi connectivity index (χ0) is 12.8. The first kappa shape index (κ1) is 13.1. The van der Waals surface area contributed by atoms with Crippen LogP contribution >= 0.6 is 0 Å². The van der Waals surface area contributed by atoms with E-state index in [1.54, 1.807) is 0 Å². The van der Waals surface area contributed by atoms with Gasteiger partial charge in [0.05, 0.1) is 0 Å². The minimum Gasteiger partial charge on any atom is -0.369 e. The van der Waals surface area contributed by atoms with Gasteiger partial charge in [-0.25, -0.2) is 4.98 Å². The number of rotatable bonds is 5. The molecule has 18 heavy (non-hydrogen) atoms. The Morgan fingerprint density at radius 3 is 2.78 bits per heavy atom. The summed E-state index contributed by atoms with van der Waals surface area (Å²) in [5.74, 6) is 1.79. The maximum absolute atomic E-state index is 4.58. The fraction of sp³-hybridized carbons (Fsp3) is 0.692. The lowest BCUT2D eigenvalue weighted by molar-refractivity contribution is 0.425. The van der Waals surface area contributed by atoms with E-state index in [-0.39, 0.29) is 0 Å². The first-order valence-electron chi connectivity index (χ1n) is 6.72. The zero-order valence-corrected chi connectivity index (χ0v) is 11.4. The molecular formula is C13H23N5. The summed E-state index contributed by atoms with van der Waals surface area (Å²) in [6.45, 7) is 4.08. The van der Waals surface area contributed by atoms with Crippen LogP contribution in [0.4, 0.5) is 11.8 Å². The minimum atomic E-state index is 0.865. The summed E-state index contributed by atoms with van der Waals surface area (Å²) in [6, 6.07) is 1.93. The van der Waals surface area contributed by atoms with Crippen molar-refractivity contribution in [2.24, 2.45) is 0 Å². The van der Waals surface area contributed by atoms with Gasteiger partial charge in [0.2, 0.25) is 5.95 Å². The van der Waals surface area contributed by atoms with Crippen LogP contribution in [0.1, 0.15) is 19.3 Å². The van der Waals surface area contributed by atoms with E-state index >= 15 is 0 Å². The largest absolute Gasteiger partial charge is 0.369 e. The normalized spacial score (nSPS) is 16.1. The summed E-state index contributed by atoms with van der Waals surface area (Å²) in [4.78, 5) is 13.4. The summed E-state index contributed by atoms with van der Waals surface area (Å²) in [5, 5.41) is 3.34. The van der Waals surface area contributed by atoms with E-state index in [9.17, 15) is 0 Å². The molecule has 1 aromatic heterocycles. The summed E-state index contributed by atoms with van der Waals surface area (Å²) in [6.07, 6.45) is 5.68. The van der Waals surface area contributed by atoms with Crippen molar-refractivity contribution >= 4 is 11.8 Å². The topological polar surface area (TPSA) is 44.3 Å². The van der Waals surface area contributed by atoms with Crippen molar-refractivity contribution in [3.63, 3.8) is 0 Å². The van der Waals surface area contributed by atoms with Gasteiger partial charge in [0.1, 0.15) is 5.82 Å². The Bertz CT molecular complexity index is 360. The third-order valence-corrected chi connectivity index (χ3v) is 3.15. The molecule has 0 saturated carbocycles. The molecule has 0 spiro atoms. The number of piperidine rings is 1. The second-order valence-electron chi connectivity index (χ2n) is 5.02. The van der Waals surface area contributed by atoms with Crippen LogP contribution in [0, 0.1) is 0 Å². The Labute approximate surface area is 109 Å². The molecule has 0 atom stereocenters. The van der Waals surface area contributed by atoms with Gasteiger partial charge in [-0.3, -0.25) is 0 Å². The van der Waals surface area contributed by atoms with E-state index in [1.165, 1.54) is 19.3 Å². The molecule has 5 heteroatoms. The fourth-order valence-corrected chi connectivity index (χ4v) is 2.10. The van der Waals surface area contributed by atoms with E-state index in [4.69, 9.17) is 0 Å². The Morgan fingerprint density at radius 2 is 2.06 bits per heavy atom. The summed E-state index contributed by atoms with van der Waals surface area (Å²) < 4.78 is 0. The highest BCUT2D eigenvalue weighted by molar-refractivity contribution is 5.41. The van der Waals surface area contributed by atoms with Crippen molar-refractivity contribution < 1.29 is 0 Å². The average Bonchev–Trinajstić information content (AvgIpc) is 2.40. The van der Waals surface area contributed by atoms with Crippen LogP contribution in [-0.4, -0.2) is 55.1 Å². The molecule has 0 aliphatic carbocycles. The lowest BCUT2D eigenvalue weighted by atomic mass is 10.1. The molecule has 0 unspecified atom stereocenters. The molecule has 1 aromatic rings. The van der Waals surface area contributed by atoms with Crippen LogP contribution in [0.2, 0.25) is 0 Å². The number of likely N-dealkylation sites (N-methyl/N-ethyl adjacent to an activating group) is 1. The third kappa shape index (κ3) is 3.84. The third-order valence-electron chi connectivity index (χ3n) is 3.15. The highest BCUT2D eigenvalue weighted by Gasteiger charge is 2.13. The lowest BCUT2D eigenvalue weighted by Gasteiger charge is -2.26. The van der Waals surface area contributed by atoms with Crippen LogP contribution in [0.25, 0.3) is 0 Å². The van der Waals surface area contributed by atoms with Gasteiger partial charge in [0, 0.05) is 32.4 Å². The fourth-order valence-electron chi connectivity index (χ4n) is 2.10. The molecule has 100 valence electrons. The molecule has 0 radical (unpaired) electrons. The molecule has 1 aliphatic rings. The molecule has 0 aromatic carbocycles. The van der Waals surface area contributed by atoms with E-state index in [0.717, 1.165) is 37.9 Å². The molecule has 1 N–H and O–H groups in total. The smallest absolute Gasteiger partial charge is 0.227 e. The van der Waals surface area contributed by atoms with Crippen molar-refractivity contribution in [2.45, 2.75) is 19.3 Å². The van der Waals surface area contributed by atoms with Gasteiger partial charge in [-0.05, 0) is 39.4 Å². The van der Waals surface area contributed by atoms with Crippen LogP contribution in [0.5, 0.6) is 0 Å². The Morgan fingerprint density at radius 1 is 1.28 bits per heavy atom. The number of aromatic nitrogens is 2. The molecule has 1 fully saturated rings. The average molecular weight is 249 g/mol. The van der Waals surface area contributed by atoms with Crippen LogP contribution in [-0.2, 0) is 0 Å². The molecule has 0 bridgehead atoms. The second-order valence-corrected chi connectivity index (χ2v) is 5.02. The van der Waals surface area contributed by atoms with Gasteiger partial charge >= 0.3 is 0 Å². The van der Waals surface area contributed by atoms with Crippen molar-refractivity contribution in [2.75, 3.05) is 50.5 Å². The Hall–Kier alpha value is -1.36. The first-order chi connectivity index (χ1) is 8.75. The lowest BCUT2D eigenvalue weighted by Crippen LogP contribution is -2.31. The van der Waals surface area contributed by atoms with Crippen molar-refractivity contribution in [3.8, 4) is 0 Å². The predicted molar refractivity (Wildman–Crippen MR) is 75.1 cm³/mol.